The van der Waals surface area contributed by atoms with Crippen LogP contribution in [0.1, 0.15) is 18.4 Å². The number of benzene rings is 2. The number of phenolic OH excluding ortho intramolecular Hbond substituents is 1. The molecule has 2 aromatic carbocycles. The Morgan fingerprint density at radius 1 is 1.25 bits per heavy atom. The summed E-state index contributed by atoms with van der Waals surface area (Å²) in [7, 11) is 0. The minimum Gasteiger partial charge on any atom is -0.507 e. The molecule has 3 nitrogen and oxygen atoms in total. The smallest absolute Gasteiger partial charge is 0.310 e. The third-order valence-electron chi connectivity index (χ3n) is 2.75. The Labute approximate surface area is 93.0 Å². The quantitative estimate of drug-likeness (QED) is 0.811. The lowest BCUT2D eigenvalue weighted by Crippen LogP contribution is -2.06. The third kappa shape index (κ3) is 1.72. The van der Waals surface area contributed by atoms with Gasteiger partial charge in [0.1, 0.15) is 5.75 Å². The molecule has 2 N–H and O–H groups in total. The van der Waals surface area contributed by atoms with Gasteiger partial charge in [0.15, 0.2) is 0 Å². The number of rotatable bonds is 2. The average Bonchev–Trinajstić information content (AvgIpc) is 2.28. The van der Waals surface area contributed by atoms with E-state index in [2.05, 4.69) is 0 Å². The number of hydrogen-bond acceptors (Lipinski definition) is 2. The first-order chi connectivity index (χ1) is 7.59. The summed E-state index contributed by atoms with van der Waals surface area (Å²) >= 11 is 0. The zero-order valence-electron chi connectivity index (χ0n) is 8.84. The fourth-order valence-electron chi connectivity index (χ4n) is 1.69. The number of aromatic hydroxyl groups is 1. The lowest BCUT2D eigenvalue weighted by atomic mass is 9.97. The van der Waals surface area contributed by atoms with Crippen LogP contribution in [0, 0.1) is 0 Å². The number of phenols is 1. The van der Waals surface area contributed by atoms with E-state index in [0.717, 1.165) is 5.39 Å². The van der Waals surface area contributed by atoms with Crippen molar-refractivity contribution in [3.8, 4) is 5.75 Å². The van der Waals surface area contributed by atoms with Crippen molar-refractivity contribution >= 4 is 16.7 Å². The van der Waals surface area contributed by atoms with Gasteiger partial charge in [0.2, 0.25) is 0 Å². The number of carboxylic acid groups (broad SMARTS) is 1. The van der Waals surface area contributed by atoms with Gasteiger partial charge in [-0.2, -0.15) is 0 Å². The van der Waals surface area contributed by atoms with E-state index in [1.54, 1.807) is 31.2 Å². The molecule has 0 saturated heterocycles. The van der Waals surface area contributed by atoms with Crippen LogP contribution in [0.25, 0.3) is 10.8 Å². The van der Waals surface area contributed by atoms with Gasteiger partial charge in [0.05, 0.1) is 5.92 Å². The van der Waals surface area contributed by atoms with Crippen LogP contribution in [0.4, 0.5) is 0 Å². The zero-order chi connectivity index (χ0) is 11.7. The second-order valence-corrected chi connectivity index (χ2v) is 3.82. The molecule has 16 heavy (non-hydrogen) atoms. The molecular formula is C13H12O3. The summed E-state index contributed by atoms with van der Waals surface area (Å²) in [6, 6.07) is 10.6. The summed E-state index contributed by atoms with van der Waals surface area (Å²) in [5.74, 6) is -1.25. The van der Waals surface area contributed by atoms with Gasteiger partial charge in [-0.1, -0.05) is 24.3 Å². The molecule has 0 fully saturated rings. The van der Waals surface area contributed by atoms with Gasteiger partial charge in [0, 0.05) is 5.39 Å². The van der Waals surface area contributed by atoms with Crippen LogP contribution >= 0.6 is 0 Å². The summed E-state index contributed by atoms with van der Waals surface area (Å²) in [6.45, 7) is 1.63. The first-order valence-corrected chi connectivity index (χ1v) is 5.04. The van der Waals surface area contributed by atoms with E-state index in [4.69, 9.17) is 5.11 Å². The number of aliphatic carboxylic acids is 1. The molecule has 0 aliphatic heterocycles. The van der Waals surface area contributed by atoms with Gasteiger partial charge in [0.25, 0.3) is 0 Å². The molecule has 0 saturated carbocycles. The molecule has 0 bridgehead atoms. The van der Waals surface area contributed by atoms with Crippen molar-refractivity contribution < 1.29 is 15.0 Å². The topological polar surface area (TPSA) is 57.5 Å². The molecule has 0 heterocycles. The standard InChI is InChI=1S/C13H12O3/c1-8(13(15)16)10-6-5-9-3-2-4-12(14)11(9)7-10/h2-8,14H,1H3,(H,15,16). The molecule has 0 aliphatic carbocycles. The molecule has 3 heteroatoms. The molecule has 2 rings (SSSR count). The van der Waals surface area contributed by atoms with Crippen LogP contribution in [0.15, 0.2) is 36.4 Å². The Hall–Kier alpha value is -2.03. The molecule has 82 valence electrons. The van der Waals surface area contributed by atoms with Crippen molar-refractivity contribution in [2.24, 2.45) is 0 Å². The monoisotopic (exact) mass is 216 g/mol. The molecule has 0 radical (unpaired) electrons. The maximum absolute atomic E-state index is 10.9. The lowest BCUT2D eigenvalue weighted by molar-refractivity contribution is -0.138. The average molecular weight is 216 g/mol. The molecule has 1 unspecified atom stereocenters. The van der Waals surface area contributed by atoms with E-state index in [9.17, 15) is 9.90 Å². The first kappa shape index (κ1) is 10.5. The van der Waals surface area contributed by atoms with E-state index in [-0.39, 0.29) is 5.75 Å². The van der Waals surface area contributed by atoms with E-state index >= 15 is 0 Å². The summed E-state index contributed by atoms with van der Waals surface area (Å²) in [4.78, 5) is 10.9. The number of carboxylic acids is 1. The normalized spacial score (nSPS) is 12.6. The van der Waals surface area contributed by atoms with E-state index < -0.39 is 11.9 Å². The van der Waals surface area contributed by atoms with Crippen molar-refractivity contribution in [2.75, 3.05) is 0 Å². The van der Waals surface area contributed by atoms with Crippen LogP contribution in [0.2, 0.25) is 0 Å². The molecule has 0 aliphatic rings. The van der Waals surface area contributed by atoms with Gasteiger partial charge < -0.3 is 10.2 Å². The van der Waals surface area contributed by atoms with Crippen LogP contribution in [-0.2, 0) is 4.79 Å². The van der Waals surface area contributed by atoms with Gasteiger partial charge >= 0.3 is 5.97 Å². The van der Waals surface area contributed by atoms with Crippen molar-refractivity contribution in [1.29, 1.82) is 0 Å². The number of hydrogen-bond donors (Lipinski definition) is 2. The van der Waals surface area contributed by atoms with Gasteiger partial charge in [-0.05, 0) is 30.0 Å². The van der Waals surface area contributed by atoms with Crippen LogP contribution in [0.3, 0.4) is 0 Å². The maximum atomic E-state index is 10.9. The molecule has 1 atom stereocenters. The highest BCUT2D eigenvalue weighted by molar-refractivity contribution is 5.89. The molecule has 0 amide bonds. The Morgan fingerprint density at radius 3 is 2.69 bits per heavy atom. The second kappa shape index (κ2) is 3.85. The predicted octanol–water partition coefficient (Wildman–Crippen LogP) is 2.73. The fraction of sp³-hybridized carbons (Fsp3) is 0.154. The molecule has 2 aromatic rings. The number of fused-ring (bicyclic) bond motifs is 1. The minimum atomic E-state index is -0.866. The third-order valence-corrected chi connectivity index (χ3v) is 2.75. The molecular weight excluding hydrogens is 204 g/mol. The maximum Gasteiger partial charge on any atom is 0.310 e. The summed E-state index contributed by atoms with van der Waals surface area (Å²) in [6.07, 6.45) is 0. The van der Waals surface area contributed by atoms with E-state index in [1.165, 1.54) is 0 Å². The van der Waals surface area contributed by atoms with Crippen molar-refractivity contribution in [3.05, 3.63) is 42.0 Å². The minimum absolute atomic E-state index is 0.178. The van der Waals surface area contributed by atoms with E-state index in [1.807, 2.05) is 12.1 Å². The SMILES string of the molecule is CC(C(=O)O)c1ccc2cccc(O)c2c1. The summed E-state index contributed by atoms with van der Waals surface area (Å²) in [5.41, 5.74) is 0.696. The van der Waals surface area contributed by atoms with Gasteiger partial charge in [-0.3, -0.25) is 4.79 Å². The Kier molecular flexibility index (Phi) is 2.52. The van der Waals surface area contributed by atoms with Crippen LogP contribution in [0.5, 0.6) is 5.75 Å². The highest BCUT2D eigenvalue weighted by Crippen LogP contribution is 2.27. The Bertz CT molecular complexity index is 546. The van der Waals surface area contributed by atoms with E-state index in [0.29, 0.717) is 10.9 Å². The fourth-order valence-corrected chi connectivity index (χ4v) is 1.69. The number of carbonyl (C=O) groups is 1. The lowest BCUT2D eigenvalue weighted by Gasteiger charge is -2.08. The second-order valence-electron chi connectivity index (χ2n) is 3.82. The van der Waals surface area contributed by atoms with Crippen LogP contribution < -0.4 is 0 Å². The highest BCUT2D eigenvalue weighted by Gasteiger charge is 2.14. The highest BCUT2D eigenvalue weighted by atomic mass is 16.4. The predicted molar refractivity (Wildman–Crippen MR) is 61.7 cm³/mol. The summed E-state index contributed by atoms with van der Waals surface area (Å²) < 4.78 is 0. The van der Waals surface area contributed by atoms with Gasteiger partial charge in [-0.25, -0.2) is 0 Å². The van der Waals surface area contributed by atoms with Crippen molar-refractivity contribution in [3.63, 3.8) is 0 Å². The molecule has 0 aromatic heterocycles. The van der Waals surface area contributed by atoms with Gasteiger partial charge in [-0.15, -0.1) is 0 Å². The first-order valence-electron chi connectivity index (χ1n) is 5.04. The Balaban J connectivity index is 2.59. The Morgan fingerprint density at radius 2 is 2.00 bits per heavy atom. The van der Waals surface area contributed by atoms with Crippen molar-refractivity contribution in [2.45, 2.75) is 12.8 Å². The molecule has 0 spiro atoms. The van der Waals surface area contributed by atoms with Crippen LogP contribution in [-0.4, -0.2) is 16.2 Å². The summed E-state index contributed by atoms with van der Waals surface area (Å²) in [5, 5.41) is 20.2. The zero-order valence-corrected chi connectivity index (χ0v) is 8.84. The van der Waals surface area contributed by atoms with Crippen molar-refractivity contribution in [1.82, 2.24) is 0 Å². The largest absolute Gasteiger partial charge is 0.507 e.